The summed E-state index contributed by atoms with van der Waals surface area (Å²) in [5.41, 5.74) is -2.55. The average molecular weight is 490 g/mol. The molecule has 1 aromatic carbocycles. The van der Waals surface area contributed by atoms with E-state index in [1.807, 2.05) is 0 Å². The molecule has 0 saturated carbocycles. The first-order valence-corrected chi connectivity index (χ1v) is 11.1. The quantitative estimate of drug-likeness (QED) is 0.449. The molecule has 0 aliphatic carbocycles. The number of carbonyl (C=O) groups excluding carboxylic acids is 1. The van der Waals surface area contributed by atoms with Gasteiger partial charge in [-0.2, -0.15) is 13.2 Å². The standard InChI is InChI=1S/C19H12ClF4N3O4S/c20-16-15(26-17(28)9-3-10(19(22,23)24)5-11(21)4-9)6-13-14(25-16)1-2-27(18(13)29)12-7-32(30,31)8-12/h1-6,12H,7-8H2,(H,26,28). The number of nitrogens with one attached hydrogen (secondary N) is 1. The van der Waals surface area contributed by atoms with Crippen LogP contribution in [0.3, 0.4) is 0 Å². The molecule has 0 spiro atoms. The van der Waals surface area contributed by atoms with Crippen molar-refractivity contribution in [1.29, 1.82) is 0 Å². The molecular formula is C19H12ClF4N3O4S. The largest absolute Gasteiger partial charge is 0.416 e. The molecule has 0 atom stereocenters. The lowest BCUT2D eigenvalue weighted by atomic mass is 10.1. The number of pyridine rings is 2. The summed E-state index contributed by atoms with van der Waals surface area (Å²) >= 11 is 6.03. The van der Waals surface area contributed by atoms with Gasteiger partial charge in [-0.15, -0.1) is 0 Å². The molecule has 32 heavy (non-hydrogen) atoms. The van der Waals surface area contributed by atoms with Gasteiger partial charge in [-0.3, -0.25) is 9.59 Å². The van der Waals surface area contributed by atoms with Crippen LogP contribution in [0.5, 0.6) is 0 Å². The van der Waals surface area contributed by atoms with Crippen LogP contribution < -0.4 is 10.9 Å². The normalized spacial score (nSPS) is 16.0. The maximum Gasteiger partial charge on any atom is 0.416 e. The number of rotatable bonds is 3. The van der Waals surface area contributed by atoms with E-state index in [9.17, 15) is 35.6 Å². The van der Waals surface area contributed by atoms with Gasteiger partial charge in [0.15, 0.2) is 15.0 Å². The highest BCUT2D eigenvalue weighted by Gasteiger charge is 2.35. The number of hydrogen-bond acceptors (Lipinski definition) is 5. The van der Waals surface area contributed by atoms with Crippen molar-refractivity contribution in [1.82, 2.24) is 9.55 Å². The molecule has 1 saturated heterocycles. The fraction of sp³-hybridized carbons (Fsp3) is 0.211. The van der Waals surface area contributed by atoms with E-state index in [1.165, 1.54) is 22.9 Å². The van der Waals surface area contributed by atoms with E-state index in [-0.39, 0.29) is 39.3 Å². The Bertz CT molecular complexity index is 1420. The van der Waals surface area contributed by atoms with Gasteiger partial charge in [0.25, 0.3) is 11.5 Å². The summed E-state index contributed by atoms with van der Waals surface area (Å²) in [7, 11) is -3.19. The van der Waals surface area contributed by atoms with Crippen LogP contribution in [0.4, 0.5) is 23.2 Å². The zero-order chi connectivity index (χ0) is 23.4. The van der Waals surface area contributed by atoms with Crippen LogP contribution in [0.25, 0.3) is 10.9 Å². The first-order valence-electron chi connectivity index (χ1n) is 8.95. The molecule has 2 aromatic heterocycles. The van der Waals surface area contributed by atoms with E-state index in [1.54, 1.807) is 0 Å². The molecule has 1 fully saturated rings. The van der Waals surface area contributed by atoms with Gasteiger partial charge in [-0.25, -0.2) is 17.8 Å². The molecular weight excluding hydrogens is 478 g/mol. The third kappa shape index (κ3) is 4.19. The second-order valence-electron chi connectivity index (χ2n) is 7.20. The van der Waals surface area contributed by atoms with Crippen molar-refractivity contribution in [2.24, 2.45) is 0 Å². The summed E-state index contributed by atoms with van der Waals surface area (Å²) < 4.78 is 76.4. The number of halogens is 5. The molecule has 0 unspecified atom stereocenters. The molecule has 1 aliphatic rings. The molecule has 4 rings (SSSR count). The Kier molecular flexibility index (Phi) is 5.24. The van der Waals surface area contributed by atoms with Gasteiger partial charge in [0.2, 0.25) is 0 Å². The number of carbonyl (C=O) groups is 1. The molecule has 1 aliphatic heterocycles. The predicted octanol–water partition coefficient (Wildman–Crippen LogP) is 3.43. The van der Waals surface area contributed by atoms with Gasteiger partial charge >= 0.3 is 6.18 Å². The lowest BCUT2D eigenvalue weighted by Crippen LogP contribution is -2.42. The van der Waals surface area contributed by atoms with E-state index >= 15 is 0 Å². The van der Waals surface area contributed by atoms with Gasteiger partial charge in [-0.05, 0) is 30.3 Å². The average Bonchev–Trinajstić information content (AvgIpc) is 2.66. The number of benzene rings is 1. The SMILES string of the molecule is O=C(Nc1cc2c(=O)n(C3CS(=O)(=O)C3)ccc2nc1Cl)c1cc(F)cc(C(F)(F)F)c1. The third-order valence-corrected chi connectivity index (χ3v) is 6.96. The second-order valence-corrected chi connectivity index (χ2v) is 9.71. The topological polar surface area (TPSA) is 98.1 Å². The Balaban J connectivity index is 1.70. The number of fused-ring (bicyclic) bond motifs is 1. The first-order chi connectivity index (χ1) is 14.8. The molecule has 13 heteroatoms. The van der Waals surface area contributed by atoms with Crippen molar-refractivity contribution in [2.75, 3.05) is 16.8 Å². The Hall–Kier alpha value is -2.99. The Morgan fingerprint density at radius 3 is 2.50 bits per heavy atom. The van der Waals surface area contributed by atoms with Gasteiger partial charge in [-0.1, -0.05) is 11.6 Å². The zero-order valence-corrected chi connectivity index (χ0v) is 17.4. The Labute approximate surface area is 182 Å². The highest BCUT2D eigenvalue weighted by Crippen LogP contribution is 2.31. The highest BCUT2D eigenvalue weighted by atomic mass is 35.5. The number of amides is 1. The van der Waals surface area contributed by atoms with Gasteiger partial charge in [0, 0.05) is 11.8 Å². The van der Waals surface area contributed by atoms with Crippen LogP contribution in [-0.2, 0) is 16.0 Å². The monoisotopic (exact) mass is 489 g/mol. The number of anilines is 1. The maximum atomic E-state index is 13.6. The number of sulfone groups is 1. The van der Waals surface area contributed by atoms with E-state index in [0.29, 0.717) is 12.1 Å². The van der Waals surface area contributed by atoms with Crippen molar-refractivity contribution in [3.8, 4) is 0 Å². The number of alkyl halides is 3. The Morgan fingerprint density at radius 1 is 1.19 bits per heavy atom. The smallest absolute Gasteiger partial charge is 0.319 e. The van der Waals surface area contributed by atoms with Crippen LogP contribution in [0.1, 0.15) is 22.0 Å². The molecule has 1 amide bonds. The summed E-state index contributed by atoms with van der Waals surface area (Å²) in [4.78, 5) is 29.2. The van der Waals surface area contributed by atoms with Crippen molar-refractivity contribution < 1.29 is 30.8 Å². The third-order valence-electron chi connectivity index (χ3n) is 4.88. The van der Waals surface area contributed by atoms with Crippen LogP contribution in [0.15, 0.2) is 41.3 Å². The van der Waals surface area contributed by atoms with Crippen molar-refractivity contribution >= 4 is 43.9 Å². The lowest BCUT2D eigenvalue weighted by Gasteiger charge is -2.27. The van der Waals surface area contributed by atoms with Crippen molar-refractivity contribution in [2.45, 2.75) is 12.2 Å². The molecule has 7 nitrogen and oxygen atoms in total. The number of aromatic nitrogens is 2. The Morgan fingerprint density at radius 2 is 1.88 bits per heavy atom. The predicted molar refractivity (Wildman–Crippen MR) is 108 cm³/mol. The van der Waals surface area contributed by atoms with Gasteiger partial charge in [0.05, 0.1) is 39.7 Å². The molecule has 3 heterocycles. The lowest BCUT2D eigenvalue weighted by molar-refractivity contribution is -0.137. The summed E-state index contributed by atoms with van der Waals surface area (Å²) in [6, 6.07) is 3.44. The van der Waals surface area contributed by atoms with Crippen LogP contribution >= 0.6 is 11.6 Å². The summed E-state index contributed by atoms with van der Waals surface area (Å²) in [5.74, 6) is -2.74. The van der Waals surface area contributed by atoms with Crippen molar-refractivity contribution in [3.05, 3.63) is 69.0 Å². The van der Waals surface area contributed by atoms with Crippen LogP contribution in [-0.4, -0.2) is 35.4 Å². The first kappa shape index (κ1) is 22.2. The maximum absolute atomic E-state index is 13.6. The van der Waals surface area contributed by atoms with Crippen LogP contribution in [0, 0.1) is 5.82 Å². The zero-order valence-electron chi connectivity index (χ0n) is 15.8. The fourth-order valence-corrected chi connectivity index (χ4v) is 4.90. The number of nitrogens with zero attached hydrogens (tertiary/aromatic N) is 2. The van der Waals surface area contributed by atoms with Gasteiger partial charge < -0.3 is 9.88 Å². The summed E-state index contributed by atoms with van der Waals surface area (Å²) in [6.07, 6.45) is -3.48. The molecule has 1 N–H and O–H groups in total. The minimum absolute atomic E-state index is 0.00622. The summed E-state index contributed by atoms with van der Waals surface area (Å²) in [5, 5.41) is 1.99. The van der Waals surface area contributed by atoms with E-state index in [2.05, 4.69) is 10.3 Å². The second kappa shape index (κ2) is 7.55. The van der Waals surface area contributed by atoms with Crippen molar-refractivity contribution in [3.63, 3.8) is 0 Å². The van der Waals surface area contributed by atoms with E-state index in [0.717, 1.165) is 0 Å². The summed E-state index contributed by atoms with van der Waals surface area (Å²) in [6.45, 7) is 0. The molecule has 3 aromatic rings. The van der Waals surface area contributed by atoms with Crippen LogP contribution in [0.2, 0.25) is 5.15 Å². The molecule has 0 bridgehead atoms. The van der Waals surface area contributed by atoms with E-state index in [4.69, 9.17) is 11.6 Å². The van der Waals surface area contributed by atoms with Gasteiger partial charge in [0.1, 0.15) is 5.82 Å². The van der Waals surface area contributed by atoms with E-state index < -0.39 is 50.5 Å². The number of hydrogen-bond donors (Lipinski definition) is 1. The minimum Gasteiger partial charge on any atom is -0.319 e. The molecule has 168 valence electrons. The highest BCUT2D eigenvalue weighted by molar-refractivity contribution is 7.92. The fourth-order valence-electron chi connectivity index (χ4n) is 3.31. The molecule has 0 radical (unpaired) electrons. The minimum atomic E-state index is -4.86.